The number of nitrogens with zero attached hydrogens (tertiary/aromatic N) is 3. The van der Waals surface area contributed by atoms with Gasteiger partial charge in [0.1, 0.15) is 17.0 Å². The summed E-state index contributed by atoms with van der Waals surface area (Å²) in [5, 5.41) is 13.3. The predicted molar refractivity (Wildman–Crippen MR) is 170 cm³/mol. The monoisotopic (exact) mass is 535 g/mol. The quantitative estimate of drug-likeness (QED) is 0.197. The van der Waals surface area contributed by atoms with Crippen molar-refractivity contribution in [2.45, 2.75) is 59.5 Å². The fourth-order valence-corrected chi connectivity index (χ4v) is 7.31. The average Bonchev–Trinajstić information content (AvgIpc) is 3.54. The van der Waals surface area contributed by atoms with E-state index in [1.807, 2.05) is 12.3 Å². The summed E-state index contributed by atoms with van der Waals surface area (Å²) in [6.07, 6.45) is 1.82. The Balaban J connectivity index is 1.60. The molecule has 5 heteroatoms. The van der Waals surface area contributed by atoms with Crippen molar-refractivity contribution < 1.29 is 4.74 Å². The van der Waals surface area contributed by atoms with Crippen molar-refractivity contribution in [3.8, 4) is 5.75 Å². The molecule has 0 N–H and O–H groups in total. The molecule has 0 aliphatic heterocycles. The van der Waals surface area contributed by atoms with E-state index in [-0.39, 0.29) is 16.6 Å². The molecule has 0 unspecified atom stereocenters. The highest BCUT2D eigenvalue weighted by Crippen LogP contribution is 2.53. The number of hydrogen-bond donors (Lipinski definition) is 0. The van der Waals surface area contributed by atoms with E-state index in [1.54, 1.807) is 4.40 Å². The number of aromatic nitrogens is 3. The summed E-state index contributed by atoms with van der Waals surface area (Å²) in [4.78, 5) is 24.4. The molecular formula is C36H29N3O2. The minimum Gasteiger partial charge on any atom is -0.487 e. The van der Waals surface area contributed by atoms with Crippen molar-refractivity contribution in [1.82, 2.24) is 14.4 Å². The predicted octanol–water partition coefficient (Wildman–Crippen LogP) is 8.70. The Kier molecular flexibility index (Phi) is 3.88. The van der Waals surface area contributed by atoms with Crippen LogP contribution in [0.5, 0.6) is 5.75 Å². The molecule has 9 aromatic rings. The normalized spacial score (nSPS) is 13.8. The van der Waals surface area contributed by atoms with E-state index in [9.17, 15) is 4.79 Å². The highest BCUT2D eigenvalue weighted by atomic mass is 16.5. The van der Waals surface area contributed by atoms with E-state index in [2.05, 4.69) is 84.9 Å². The van der Waals surface area contributed by atoms with Gasteiger partial charge in [0.15, 0.2) is 0 Å². The van der Waals surface area contributed by atoms with Crippen LogP contribution >= 0.6 is 0 Å². The lowest BCUT2D eigenvalue weighted by atomic mass is 9.91. The van der Waals surface area contributed by atoms with E-state index in [0.29, 0.717) is 5.65 Å². The highest BCUT2D eigenvalue weighted by Gasteiger charge is 2.30. The summed E-state index contributed by atoms with van der Waals surface area (Å²) < 4.78 is 8.42. The first-order valence-corrected chi connectivity index (χ1v) is 14.3. The smallest absolute Gasteiger partial charge is 0.265 e. The minimum atomic E-state index is -0.385. The molecule has 9 rings (SSSR count). The number of imidazole rings is 1. The standard InChI is InChI=1S/C36H29N3O2/c1-16-12-20-29-27-18(16)10-8-17-9-11-19-24(41-36(5,6)7)13-21(30(29)28(19)26(17)27)31-32(20)34(40)39-23-15-37-25(35(2,3)4)14-22(23)38-33(31)39/h8-15H,1-7H3. The van der Waals surface area contributed by atoms with Gasteiger partial charge in [-0.3, -0.25) is 14.2 Å². The molecule has 5 nitrogen and oxygen atoms in total. The first-order chi connectivity index (χ1) is 19.4. The first kappa shape index (κ1) is 23.2. The van der Waals surface area contributed by atoms with Gasteiger partial charge in [0.05, 0.1) is 22.6 Å². The third-order valence-electron chi connectivity index (χ3n) is 8.96. The molecule has 0 atom stereocenters. The highest BCUT2D eigenvalue weighted by molar-refractivity contribution is 6.49. The molecule has 0 saturated heterocycles. The van der Waals surface area contributed by atoms with Crippen LogP contribution in [0.3, 0.4) is 0 Å². The maximum atomic E-state index is 14.5. The molecule has 200 valence electrons. The van der Waals surface area contributed by atoms with Crippen LogP contribution in [0.15, 0.2) is 53.5 Å². The molecule has 0 bridgehead atoms. The Morgan fingerprint density at radius 2 is 1.39 bits per heavy atom. The molecule has 41 heavy (non-hydrogen) atoms. The summed E-state index contributed by atoms with van der Waals surface area (Å²) in [6, 6.07) is 15.3. The molecule has 0 aliphatic carbocycles. The molecule has 0 spiro atoms. The summed E-state index contributed by atoms with van der Waals surface area (Å²) in [5.41, 5.74) is 3.83. The van der Waals surface area contributed by atoms with Gasteiger partial charge < -0.3 is 4.74 Å². The van der Waals surface area contributed by atoms with Gasteiger partial charge in [-0.15, -0.1) is 0 Å². The Bertz CT molecular complexity index is 2600. The van der Waals surface area contributed by atoms with Crippen molar-refractivity contribution in [3.63, 3.8) is 0 Å². The second-order valence-corrected chi connectivity index (χ2v) is 13.8. The van der Waals surface area contributed by atoms with Crippen molar-refractivity contribution in [2.75, 3.05) is 0 Å². The van der Waals surface area contributed by atoms with Crippen LogP contribution in [0.25, 0.3) is 81.3 Å². The number of ether oxygens (including phenoxy) is 1. The lowest BCUT2D eigenvalue weighted by molar-refractivity contribution is 0.133. The summed E-state index contributed by atoms with van der Waals surface area (Å²) in [5.74, 6) is 0.837. The Hall–Kier alpha value is -4.51. The Morgan fingerprint density at radius 3 is 2.10 bits per heavy atom. The third-order valence-corrected chi connectivity index (χ3v) is 8.96. The second-order valence-electron chi connectivity index (χ2n) is 13.8. The van der Waals surface area contributed by atoms with Gasteiger partial charge in [-0.1, -0.05) is 39.0 Å². The molecule has 0 radical (unpaired) electrons. The van der Waals surface area contributed by atoms with Crippen molar-refractivity contribution >= 4 is 81.3 Å². The zero-order chi connectivity index (χ0) is 28.3. The number of rotatable bonds is 1. The average molecular weight is 536 g/mol. The van der Waals surface area contributed by atoms with Crippen LogP contribution < -0.4 is 10.3 Å². The minimum absolute atomic E-state index is 0.0371. The SMILES string of the molecule is Cc1cc2c3c(=O)n4c5cnc(C(C)(C)C)cc5nc4c3c3cc(OC(C)(C)C)c4ccc5ccc1c1c5c4c3c21. The van der Waals surface area contributed by atoms with Crippen LogP contribution in [-0.2, 0) is 5.41 Å². The zero-order valence-electron chi connectivity index (χ0n) is 24.3. The molecule has 3 aromatic heterocycles. The van der Waals surface area contributed by atoms with E-state index in [1.165, 1.54) is 43.3 Å². The fraction of sp³-hybridized carbons (Fsp3) is 0.250. The van der Waals surface area contributed by atoms with E-state index in [0.717, 1.165) is 49.4 Å². The summed E-state index contributed by atoms with van der Waals surface area (Å²) in [6.45, 7) is 14.8. The Morgan fingerprint density at radius 1 is 0.732 bits per heavy atom. The zero-order valence-corrected chi connectivity index (χ0v) is 24.3. The van der Waals surface area contributed by atoms with Crippen molar-refractivity contribution in [3.05, 3.63) is 70.3 Å². The molecule has 3 heterocycles. The van der Waals surface area contributed by atoms with Crippen LogP contribution in [0.1, 0.15) is 52.8 Å². The van der Waals surface area contributed by atoms with Gasteiger partial charge >= 0.3 is 0 Å². The fourth-order valence-electron chi connectivity index (χ4n) is 7.31. The molecular weight excluding hydrogens is 506 g/mol. The lowest BCUT2D eigenvalue weighted by Gasteiger charge is -2.23. The number of benzene rings is 5. The van der Waals surface area contributed by atoms with Gasteiger partial charge in [-0.25, -0.2) is 4.98 Å². The molecule has 0 fully saturated rings. The maximum absolute atomic E-state index is 14.5. The van der Waals surface area contributed by atoms with Gasteiger partial charge in [-0.2, -0.15) is 0 Å². The largest absolute Gasteiger partial charge is 0.487 e. The second kappa shape index (κ2) is 6.85. The van der Waals surface area contributed by atoms with E-state index in [4.69, 9.17) is 14.7 Å². The van der Waals surface area contributed by atoms with E-state index < -0.39 is 0 Å². The molecule has 0 saturated carbocycles. The molecule has 6 aromatic carbocycles. The van der Waals surface area contributed by atoms with Crippen LogP contribution in [-0.4, -0.2) is 20.0 Å². The number of pyridine rings is 1. The summed E-state index contributed by atoms with van der Waals surface area (Å²) in [7, 11) is 0. The van der Waals surface area contributed by atoms with E-state index >= 15 is 0 Å². The summed E-state index contributed by atoms with van der Waals surface area (Å²) >= 11 is 0. The van der Waals surface area contributed by atoms with Gasteiger partial charge in [0.2, 0.25) is 0 Å². The number of hydrogen-bond acceptors (Lipinski definition) is 4. The maximum Gasteiger partial charge on any atom is 0.265 e. The van der Waals surface area contributed by atoms with Crippen molar-refractivity contribution in [1.29, 1.82) is 0 Å². The Labute approximate surface area is 235 Å². The van der Waals surface area contributed by atoms with Crippen LogP contribution in [0, 0.1) is 6.92 Å². The topological polar surface area (TPSA) is 56.5 Å². The molecule has 0 amide bonds. The molecule has 0 aliphatic rings. The van der Waals surface area contributed by atoms with Crippen molar-refractivity contribution in [2.24, 2.45) is 0 Å². The van der Waals surface area contributed by atoms with Crippen LogP contribution in [0.4, 0.5) is 0 Å². The van der Waals surface area contributed by atoms with Crippen LogP contribution in [0.2, 0.25) is 0 Å². The lowest BCUT2D eigenvalue weighted by Crippen LogP contribution is -2.23. The number of fused-ring (bicyclic) bond motifs is 7. The first-order valence-electron chi connectivity index (χ1n) is 14.3. The number of aryl methyl sites for hydroxylation is 1. The van der Waals surface area contributed by atoms with Gasteiger partial charge in [-0.05, 0) is 101 Å². The van der Waals surface area contributed by atoms with Gasteiger partial charge in [0.25, 0.3) is 5.56 Å². The van der Waals surface area contributed by atoms with Gasteiger partial charge in [0, 0.05) is 27.3 Å². The third kappa shape index (κ3) is 2.70.